The van der Waals surface area contributed by atoms with Crippen LogP contribution in [0.3, 0.4) is 0 Å². The van der Waals surface area contributed by atoms with Crippen molar-refractivity contribution in [3.05, 3.63) is 35.6 Å². The van der Waals surface area contributed by atoms with Crippen molar-refractivity contribution in [3.8, 4) is 0 Å². The molecule has 116 valence electrons. The molecule has 1 unspecified atom stereocenters. The molecule has 1 aromatic carbocycles. The second kappa shape index (κ2) is 8.36. The number of benzene rings is 1. The Hall–Kier alpha value is -1.95. The average Bonchev–Trinajstić information content (AvgIpc) is 2.43. The number of hydrogen-bond acceptors (Lipinski definition) is 3. The molecule has 21 heavy (non-hydrogen) atoms. The third-order valence-corrected chi connectivity index (χ3v) is 2.86. The van der Waals surface area contributed by atoms with Crippen molar-refractivity contribution in [2.45, 2.75) is 26.8 Å². The van der Waals surface area contributed by atoms with E-state index in [2.05, 4.69) is 16.0 Å². The maximum Gasteiger partial charge on any atom is 0.321 e. The molecule has 0 saturated heterocycles. The molecular weight excluding hydrogens is 273 g/mol. The van der Waals surface area contributed by atoms with E-state index in [0.29, 0.717) is 18.0 Å². The van der Waals surface area contributed by atoms with Crippen molar-refractivity contribution < 1.29 is 14.0 Å². The number of hydrogen-bond donors (Lipinski definition) is 3. The Balaban J connectivity index is 2.36. The Morgan fingerprint density at radius 2 is 1.86 bits per heavy atom. The second-order valence-corrected chi connectivity index (χ2v) is 5.28. The Morgan fingerprint density at radius 3 is 2.48 bits per heavy atom. The van der Waals surface area contributed by atoms with Gasteiger partial charge < -0.3 is 10.6 Å². The van der Waals surface area contributed by atoms with Gasteiger partial charge in [0.25, 0.3) is 0 Å². The van der Waals surface area contributed by atoms with Crippen LogP contribution in [0.4, 0.5) is 9.18 Å². The summed E-state index contributed by atoms with van der Waals surface area (Å²) in [5.41, 5.74) is 0.481. The zero-order chi connectivity index (χ0) is 15.8. The summed E-state index contributed by atoms with van der Waals surface area (Å²) in [6.07, 6.45) is 0. The van der Waals surface area contributed by atoms with Gasteiger partial charge in [-0.2, -0.15) is 0 Å². The quantitative estimate of drug-likeness (QED) is 0.751. The minimum absolute atomic E-state index is 0.0649. The molecular formula is C15H22FN3O2. The van der Waals surface area contributed by atoms with Crippen LogP contribution in [0.25, 0.3) is 0 Å². The summed E-state index contributed by atoms with van der Waals surface area (Å²) >= 11 is 0. The summed E-state index contributed by atoms with van der Waals surface area (Å²) in [6, 6.07) is 5.52. The zero-order valence-corrected chi connectivity index (χ0v) is 12.6. The number of carbonyl (C=O) groups is 2. The van der Waals surface area contributed by atoms with E-state index in [1.165, 1.54) is 6.07 Å². The third kappa shape index (κ3) is 6.35. The van der Waals surface area contributed by atoms with E-state index in [4.69, 9.17) is 0 Å². The number of imide groups is 1. The van der Waals surface area contributed by atoms with Crippen molar-refractivity contribution in [2.75, 3.05) is 13.1 Å². The van der Waals surface area contributed by atoms with Gasteiger partial charge in [-0.1, -0.05) is 32.0 Å². The topological polar surface area (TPSA) is 70.2 Å². The van der Waals surface area contributed by atoms with Crippen LogP contribution in [-0.4, -0.2) is 25.0 Å². The highest BCUT2D eigenvalue weighted by atomic mass is 19.1. The van der Waals surface area contributed by atoms with E-state index in [9.17, 15) is 14.0 Å². The van der Waals surface area contributed by atoms with E-state index >= 15 is 0 Å². The van der Waals surface area contributed by atoms with Gasteiger partial charge in [-0.15, -0.1) is 0 Å². The first-order valence-electron chi connectivity index (χ1n) is 6.95. The first-order chi connectivity index (χ1) is 9.90. The highest BCUT2D eigenvalue weighted by Crippen LogP contribution is 2.15. The zero-order valence-electron chi connectivity index (χ0n) is 12.6. The molecule has 0 aliphatic rings. The van der Waals surface area contributed by atoms with Crippen LogP contribution < -0.4 is 16.0 Å². The fraction of sp³-hybridized carbons (Fsp3) is 0.467. The Labute approximate surface area is 124 Å². The first kappa shape index (κ1) is 17.1. The Morgan fingerprint density at radius 1 is 1.19 bits per heavy atom. The highest BCUT2D eigenvalue weighted by Gasteiger charge is 2.12. The van der Waals surface area contributed by atoms with Gasteiger partial charge in [0.2, 0.25) is 5.91 Å². The molecule has 0 bridgehead atoms. The van der Waals surface area contributed by atoms with Crippen LogP contribution in [0, 0.1) is 11.7 Å². The SMILES string of the molecule is CC(C)CNC(=O)NC(=O)CNC(C)c1ccccc1F. The van der Waals surface area contributed by atoms with Gasteiger partial charge in [0.05, 0.1) is 6.54 Å². The van der Waals surface area contributed by atoms with Gasteiger partial charge in [0, 0.05) is 18.2 Å². The largest absolute Gasteiger partial charge is 0.338 e. The Kier molecular flexibility index (Phi) is 6.81. The summed E-state index contributed by atoms with van der Waals surface area (Å²) in [5.74, 6) is -0.475. The molecule has 1 aromatic rings. The van der Waals surface area contributed by atoms with Gasteiger partial charge in [0.15, 0.2) is 0 Å². The van der Waals surface area contributed by atoms with Crippen molar-refractivity contribution >= 4 is 11.9 Å². The predicted molar refractivity (Wildman–Crippen MR) is 79.2 cm³/mol. The summed E-state index contributed by atoms with van der Waals surface area (Å²) in [5, 5.41) is 7.67. The molecule has 0 spiro atoms. The number of carbonyl (C=O) groups excluding carboxylic acids is 2. The van der Waals surface area contributed by atoms with Crippen molar-refractivity contribution in [3.63, 3.8) is 0 Å². The van der Waals surface area contributed by atoms with Crippen LogP contribution in [0.5, 0.6) is 0 Å². The lowest BCUT2D eigenvalue weighted by Gasteiger charge is -2.15. The van der Waals surface area contributed by atoms with Crippen LogP contribution in [0.15, 0.2) is 24.3 Å². The van der Waals surface area contributed by atoms with E-state index in [-0.39, 0.29) is 18.4 Å². The summed E-state index contributed by atoms with van der Waals surface area (Å²) < 4.78 is 13.5. The molecule has 1 atom stereocenters. The molecule has 0 aliphatic heterocycles. The molecule has 0 radical (unpaired) electrons. The van der Waals surface area contributed by atoms with Gasteiger partial charge >= 0.3 is 6.03 Å². The molecule has 5 nitrogen and oxygen atoms in total. The number of rotatable bonds is 6. The Bertz CT molecular complexity index is 492. The molecule has 1 rings (SSSR count). The third-order valence-electron chi connectivity index (χ3n) is 2.86. The normalized spacial score (nSPS) is 12.0. The predicted octanol–water partition coefficient (Wildman–Crippen LogP) is 1.96. The van der Waals surface area contributed by atoms with Crippen molar-refractivity contribution in [2.24, 2.45) is 5.92 Å². The molecule has 0 saturated carbocycles. The fourth-order valence-electron chi connectivity index (χ4n) is 1.69. The monoisotopic (exact) mass is 295 g/mol. The second-order valence-electron chi connectivity index (χ2n) is 5.28. The van der Waals surface area contributed by atoms with Crippen molar-refractivity contribution in [1.29, 1.82) is 0 Å². The lowest BCUT2D eigenvalue weighted by molar-refractivity contribution is -0.119. The van der Waals surface area contributed by atoms with Crippen LogP contribution in [0.2, 0.25) is 0 Å². The minimum Gasteiger partial charge on any atom is -0.338 e. The fourth-order valence-corrected chi connectivity index (χ4v) is 1.69. The summed E-state index contributed by atoms with van der Waals surface area (Å²) in [7, 11) is 0. The van der Waals surface area contributed by atoms with Gasteiger partial charge in [0.1, 0.15) is 5.82 Å². The highest BCUT2D eigenvalue weighted by molar-refractivity contribution is 5.95. The maximum absolute atomic E-state index is 13.5. The first-order valence-corrected chi connectivity index (χ1v) is 6.95. The average molecular weight is 295 g/mol. The van der Waals surface area contributed by atoms with Gasteiger partial charge in [-0.3, -0.25) is 10.1 Å². The number of nitrogens with one attached hydrogen (secondary N) is 3. The van der Waals surface area contributed by atoms with Crippen LogP contribution >= 0.6 is 0 Å². The van der Waals surface area contributed by atoms with Crippen LogP contribution in [0.1, 0.15) is 32.4 Å². The molecule has 0 fully saturated rings. The van der Waals surface area contributed by atoms with E-state index in [0.717, 1.165) is 0 Å². The molecule has 3 N–H and O–H groups in total. The molecule has 0 aliphatic carbocycles. The van der Waals surface area contributed by atoms with E-state index < -0.39 is 11.9 Å². The summed E-state index contributed by atoms with van der Waals surface area (Å²) in [4.78, 5) is 23.0. The van der Waals surface area contributed by atoms with Gasteiger partial charge in [-0.25, -0.2) is 9.18 Å². The lowest BCUT2D eigenvalue weighted by atomic mass is 10.1. The molecule has 0 aromatic heterocycles. The van der Waals surface area contributed by atoms with E-state index in [1.807, 2.05) is 13.8 Å². The number of amides is 3. The number of urea groups is 1. The number of halogens is 1. The minimum atomic E-state index is -0.519. The molecule has 6 heteroatoms. The molecule has 3 amide bonds. The smallest absolute Gasteiger partial charge is 0.321 e. The van der Waals surface area contributed by atoms with E-state index in [1.54, 1.807) is 25.1 Å². The van der Waals surface area contributed by atoms with Gasteiger partial charge in [-0.05, 0) is 18.9 Å². The standard InChI is InChI=1S/C15H22FN3O2/c1-10(2)8-18-15(21)19-14(20)9-17-11(3)12-6-4-5-7-13(12)16/h4-7,10-11,17H,8-9H2,1-3H3,(H2,18,19,20,21). The maximum atomic E-state index is 13.5. The van der Waals surface area contributed by atoms with Crippen LogP contribution in [-0.2, 0) is 4.79 Å². The summed E-state index contributed by atoms with van der Waals surface area (Å²) in [6.45, 7) is 6.10. The lowest BCUT2D eigenvalue weighted by Crippen LogP contribution is -2.44. The molecule has 0 heterocycles. The van der Waals surface area contributed by atoms with Crippen molar-refractivity contribution in [1.82, 2.24) is 16.0 Å².